The second kappa shape index (κ2) is 3.78. The standard InChI is InChI=1S/C7H9NO/c1-4-7(5-9)6(2)8-3/h4-5H,1,3H2,2H3/b7-6+. The number of hydrogen-bond donors (Lipinski definition) is 0. The summed E-state index contributed by atoms with van der Waals surface area (Å²) in [6.07, 6.45) is 2.16. The molecule has 0 aromatic heterocycles. The first-order valence-corrected chi connectivity index (χ1v) is 2.51. The van der Waals surface area contributed by atoms with Gasteiger partial charge in [-0.05, 0) is 13.6 Å². The van der Waals surface area contributed by atoms with Crippen LogP contribution in [0.25, 0.3) is 0 Å². The van der Waals surface area contributed by atoms with Crippen LogP contribution < -0.4 is 0 Å². The van der Waals surface area contributed by atoms with E-state index in [2.05, 4.69) is 18.3 Å². The largest absolute Gasteiger partial charge is 0.298 e. The Morgan fingerprint density at radius 1 is 1.67 bits per heavy atom. The Morgan fingerprint density at radius 2 is 2.22 bits per heavy atom. The average molecular weight is 123 g/mol. The molecule has 0 aliphatic heterocycles. The molecule has 0 saturated heterocycles. The Morgan fingerprint density at radius 3 is 2.33 bits per heavy atom. The van der Waals surface area contributed by atoms with Gasteiger partial charge in [0.2, 0.25) is 0 Å². The fourth-order valence-electron chi connectivity index (χ4n) is 0.372. The van der Waals surface area contributed by atoms with Gasteiger partial charge in [0.05, 0.1) is 0 Å². The third-order valence-corrected chi connectivity index (χ3v) is 1.00. The van der Waals surface area contributed by atoms with E-state index in [0.717, 1.165) is 0 Å². The molecule has 0 aromatic carbocycles. The minimum absolute atomic E-state index is 0.491. The van der Waals surface area contributed by atoms with Crippen molar-refractivity contribution in [2.24, 2.45) is 4.99 Å². The summed E-state index contributed by atoms with van der Waals surface area (Å²) in [6, 6.07) is 0. The first-order valence-electron chi connectivity index (χ1n) is 2.51. The van der Waals surface area contributed by atoms with Crippen molar-refractivity contribution in [2.75, 3.05) is 0 Å². The highest BCUT2D eigenvalue weighted by Crippen LogP contribution is 2.01. The predicted octanol–water partition coefficient (Wildman–Crippen LogP) is 1.35. The SMILES string of the molecule is C=C/C(C=O)=C(/C)N=C. The summed E-state index contributed by atoms with van der Waals surface area (Å²) >= 11 is 0. The number of allylic oxidation sites excluding steroid dienone is 3. The molecule has 0 unspecified atom stereocenters. The summed E-state index contributed by atoms with van der Waals surface area (Å²) in [4.78, 5) is 13.7. The van der Waals surface area contributed by atoms with Crippen molar-refractivity contribution in [2.45, 2.75) is 6.92 Å². The fraction of sp³-hybridized carbons (Fsp3) is 0.143. The van der Waals surface area contributed by atoms with Crippen molar-refractivity contribution in [3.8, 4) is 0 Å². The number of aldehydes is 1. The molecule has 0 aromatic rings. The van der Waals surface area contributed by atoms with Crippen molar-refractivity contribution in [1.82, 2.24) is 0 Å². The van der Waals surface area contributed by atoms with Crippen LogP contribution in [0.5, 0.6) is 0 Å². The fourth-order valence-corrected chi connectivity index (χ4v) is 0.372. The predicted molar refractivity (Wildman–Crippen MR) is 38.5 cm³/mol. The van der Waals surface area contributed by atoms with E-state index in [1.54, 1.807) is 6.92 Å². The van der Waals surface area contributed by atoms with E-state index in [1.807, 2.05) is 0 Å². The highest BCUT2D eigenvalue weighted by molar-refractivity contribution is 5.78. The van der Waals surface area contributed by atoms with E-state index in [9.17, 15) is 4.79 Å². The van der Waals surface area contributed by atoms with Gasteiger partial charge in [-0.3, -0.25) is 9.79 Å². The summed E-state index contributed by atoms with van der Waals surface area (Å²) in [7, 11) is 0. The normalized spacial score (nSPS) is 11.7. The Kier molecular flexibility index (Phi) is 3.28. The van der Waals surface area contributed by atoms with Gasteiger partial charge in [-0.2, -0.15) is 0 Å². The summed E-state index contributed by atoms with van der Waals surface area (Å²) in [5.41, 5.74) is 1.10. The van der Waals surface area contributed by atoms with Gasteiger partial charge in [-0.25, -0.2) is 0 Å². The highest BCUT2D eigenvalue weighted by Gasteiger charge is 1.90. The number of aliphatic imine (C=N–C) groups is 1. The van der Waals surface area contributed by atoms with Gasteiger partial charge in [0.25, 0.3) is 0 Å². The molecule has 0 aliphatic rings. The number of nitrogens with zero attached hydrogens (tertiary/aromatic N) is 1. The van der Waals surface area contributed by atoms with Gasteiger partial charge in [0.15, 0.2) is 6.29 Å². The molecule has 0 atom stereocenters. The first-order chi connectivity index (χ1) is 4.26. The molecule has 0 radical (unpaired) electrons. The third-order valence-electron chi connectivity index (χ3n) is 1.00. The molecule has 0 amide bonds. The average Bonchev–Trinajstić information content (AvgIpc) is 1.90. The van der Waals surface area contributed by atoms with E-state index in [0.29, 0.717) is 17.6 Å². The molecule has 0 fully saturated rings. The molecule has 9 heavy (non-hydrogen) atoms. The van der Waals surface area contributed by atoms with Gasteiger partial charge in [-0.1, -0.05) is 12.7 Å². The Bertz CT molecular complexity index is 158. The monoisotopic (exact) mass is 123 g/mol. The number of carbonyl (C=O) groups is 1. The smallest absolute Gasteiger partial charge is 0.151 e. The van der Waals surface area contributed by atoms with E-state index < -0.39 is 0 Å². The minimum Gasteiger partial charge on any atom is -0.298 e. The lowest BCUT2D eigenvalue weighted by molar-refractivity contribution is -0.104. The molecule has 0 aliphatic carbocycles. The van der Waals surface area contributed by atoms with E-state index in [4.69, 9.17) is 0 Å². The van der Waals surface area contributed by atoms with Crippen molar-refractivity contribution in [1.29, 1.82) is 0 Å². The summed E-state index contributed by atoms with van der Waals surface area (Å²) in [5, 5.41) is 0. The third kappa shape index (κ3) is 2.04. The molecule has 0 bridgehead atoms. The summed E-state index contributed by atoms with van der Waals surface area (Å²) in [6.45, 7) is 8.39. The Labute approximate surface area is 54.6 Å². The maximum absolute atomic E-state index is 10.1. The molecular weight excluding hydrogens is 114 g/mol. The second-order valence-corrected chi connectivity index (χ2v) is 1.52. The quantitative estimate of drug-likeness (QED) is 0.241. The molecule has 2 nitrogen and oxygen atoms in total. The molecule has 0 N–H and O–H groups in total. The maximum atomic E-state index is 10.1. The zero-order valence-electron chi connectivity index (χ0n) is 5.42. The number of hydrogen-bond acceptors (Lipinski definition) is 2. The summed E-state index contributed by atoms with van der Waals surface area (Å²) < 4.78 is 0. The highest BCUT2D eigenvalue weighted by atomic mass is 16.1. The maximum Gasteiger partial charge on any atom is 0.151 e. The van der Waals surface area contributed by atoms with Crippen LogP contribution in [-0.4, -0.2) is 13.0 Å². The van der Waals surface area contributed by atoms with E-state index >= 15 is 0 Å². The number of rotatable bonds is 3. The van der Waals surface area contributed by atoms with Crippen molar-refractivity contribution in [3.63, 3.8) is 0 Å². The minimum atomic E-state index is 0.491. The molecule has 2 heteroatoms. The Balaban J connectivity index is 4.56. The lowest BCUT2D eigenvalue weighted by atomic mass is 10.2. The van der Waals surface area contributed by atoms with Crippen LogP contribution in [0.2, 0.25) is 0 Å². The van der Waals surface area contributed by atoms with Crippen LogP contribution in [-0.2, 0) is 4.79 Å². The van der Waals surface area contributed by atoms with Crippen LogP contribution in [0, 0.1) is 0 Å². The molecule has 48 valence electrons. The molecule has 0 rings (SSSR count). The van der Waals surface area contributed by atoms with Crippen LogP contribution in [0.1, 0.15) is 6.92 Å². The van der Waals surface area contributed by atoms with Crippen molar-refractivity contribution < 1.29 is 4.79 Å². The molecule has 0 spiro atoms. The van der Waals surface area contributed by atoms with Gasteiger partial charge < -0.3 is 0 Å². The van der Waals surface area contributed by atoms with Crippen LogP contribution in [0.4, 0.5) is 0 Å². The molecule has 0 saturated carbocycles. The van der Waals surface area contributed by atoms with Crippen LogP contribution in [0.15, 0.2) is 28.9 Å². The van der Waals surface area contributed by atoms with Crippen LogP contribution >= 0.6 is 0 Å². The first kappa shape index (κ1) is 7.82. The van der Waals surface area contributed by atoms with Gasteiger partial charge >= 0.3 is 0 Å². The number of carbonyl (C=O) groups excluding carboxylic acids is 1. The van der Waals surface area contributed by atoms with Gasteiger partial charge in [-0.15, -0.1) is 0 Å². The van der Waals surface area contributed by atoms with E-state index in [-0.39, 0.29) is 0 Å². The zero-order chi connectivity index (χ0) is 7.28. The molecular formula is C7H9NO. The molecule has 0 heterocycles. The van der Waals surface area contributed by atoms with Crippen LogP contribution in [0.3, 0.4) is 0 Å². The second-order valence-electron chi connectivity index (χ2n) is 1.52. The topological polar surface area (TPSA) is 29.4 Å². The lowest BCUT2D eigenvalue weighted by Gasteiger charge is -1.90. The zero-order valence-corrected chi connectivity index (χ0v) is 5.42. The lowest BCUT2D eigenvalue weighted by Crippen LogP contribution is -1.81. The summed E-state index contributed by atoms with van der Waals surface area (Å²) in [5.74, 6) is 0. The van der Waals surface area contributed by atoms with Gasteiger partial charge in [0, 0.05) is 11.3 Å². The van der Waals surface area contributed by atoms with E-state index in [1.165, 1.54) is 6.08 Å². The van der Waals surface area contributed by atoms with Crippen molar-refractivity contribution >= 4 is 13.0 Å². The van der Waals surface area contributed by atoms with Gasteiger partial charge in [0.1, 0.15) is 0 Å². The van der Waals surface area contributed by atoms with Crippen molar-refractivity contribution in [3.05, 3.63) is 23.9 Å². The Hall–Kier alpha value is -1.18.